The summed E-state index contributed by atoms with van der Waals surface area (Å²) in [6.45, 7) is 4.58. The van der Waals surface area contributed by atoms with Gasteiger partial charge in [-0.1, -0.05) is 0 Å². The molecule has 0 N–H and O–H groups in total. The van der Waals surface area contributed by atoms with Crippen LogP contribution in [0.4, 0.5) is 17.1 Å². The zero-order valence-corrected chi connectivity index (χ0v) is 23.4. The molecule has 1 aromatic heterocycles. The number of allylic oxidation sites excluding steroid dienone is 1. The molecule has 0 saturated heterocycles. The van der Waals surface area contributed by atoms with Crippen LogP contribution < -0.4 is 4.90 Å². The van der Waals surface area contributed by atoms with Crippen LogP contribution in [0.1, 0.15) is 49.0 Å². The summed E-state index contributed by atoms with van der Waals surface area (Å²) in [5.74, 6) is -0.323. The Balaban J connectivity index is 1.30. The molecule has 0 spiro atoms. The number of ketones is 2. The quantitative estimate of drug-likeness (QED) is 0.125. The standard InChI is InChI=1S/C35H25NO2Se/c1-35(2)31-19-24(36(22-11-5-3-6-12-22)23-13-7-4-8-14-23)17-18-26(31)29-20-25(39-34(29)35)21-30-32(37)27-15-9-10-16-28(27)33(30)38/h3-21H,1-2H3. The second-order valence-electron chi connectivity index (χ2n) is 10.5. The molecule has 3 nitrogen and oxygen atoms in total. The molecule has 0 bridgehead atoms. The van der Waals surface area contributed by atoms with Gasteiger partial charge in [0, 0.05) is 0 Å². The minimum atomic E-state index is -0.162. The number of para-hydroxylation sites is 2. The first-order valence-corrected chi connectivity index (χ1v) is 14.7. The van der Waals surface area contributed by atoms with Gasteiger partial charge in [-0.3, -0.25) is 0 Å². The number of nitrogens with zero attached hydrogens (tertiary/aromatic N) is 1. The van der Waals surface area contributed by atoms with Crippen molar-refractivity contribution in [3.8, 4) is 11.1 Å². The van der Waals surface area contributed by atoms with Gasteiger partial charge in [0.1, 0.15) is 0 Å². The molecule has 7 rings (SSSR count). The summed E-state index contributed by atoms with van der Waals surface area (Å²) in [5.41, 5.74) is 8.32. The van der Waals surface area contributed by atoms with Crippen molar-refractivity contribution < 1.29 is 9.59 Å². The predicted molar refractivity (Wildman–Crippen MR) is 159 cm³/mol. The Bertz CT molecular complexity index is 1740. The van der Waals surface area contributed by atoms with Crippen LogP contribution in [0.25, 0.3) is 17.2 Å². The zero-order chi connectivity index (χ0) is 26.7. The van der Waals surface area contributed by atoms with E-state index in [9.17, 15) is 9.59 Å². The van der Waals surface area contributed by atoms with Crippen molar-refractivity contribution in [2.24, 2.45) is 0 Å². The molecule has 0 fully saturated rings. The molecule has 4 aromatic carbocycles. The summed E-state index contributed by atoms with van der Waals surface area (Å²) in [7, 11) is 0. The van der Waals surface area contributed by atoms with E-state index < -0.39 is 0 Å². The van der Waals surface area contributed by atoms with Crippen molar-refractivity contribution in [1.29, 1.82) is 0 Å². The first-order chi connectivity index (χ1) is 18.9. The Morgan fingerprint density at radius 1 is 0.615 bits per heavy atom. The van der Waals surface area contributed by atoms with Crippen LogP contribution >= 0.6 is 0 Å². The molecule has 0 saturated carbocycles. The Morgan fingerprint density at radius 3 is 1.77 bits per heavy atom. The topological polar surface area (TPSA) is 37.4 Å². The van der Waals surface area contributed by atoms with Gasteiger partial charge in [0.05, 0.1) is 0 Å². The summed E-state index contributed by atoms with van der Waals surface area (Å²) in [6, 6.07) is 37.0. The third-order valence-corrected chi connectivity index (χ3v) is 10.7. The average molecular weight is 571 g/mol. The van der Waals surface area contributed by atoms with E-state index in [0.717, 1.165) is 21.5 Å². The molecular weight excluding hydrogens is 545 g/mol. The van der Waals surface area contributed by atoms with E-state index in [2.05, 4.69) is 91.5 Å². The fraction of sp³-hybridized carbons (Fsp3) is 0.0857. The molecule has 5 aromatic rings. The summed E-state index contributed by atoms with van der Waals surface area (Å²) < 4.78 is 2.48. The van der Waals surface area contributed by atoms with Crippen molar-refractivity contribution in [2.45, 2.75) is 19.3 Å². The van der Waals surface area contributed by atoms with Gasteiger partial charge in [-0.05, 0) is 0 Å². The van der Waals surface area contributed by atoms with Crippen LogP contribution in [-0.4, -0.2) is 26.1 Å². The average Bonchev–Trinajstić information content (AvgIpc) is 3.56. The van der Waals surface area contributed by atoms with E-state index in [-0.39, 0.29) is 31.5 Å². The van der Waals surface area contributed by atoms with Crippen molar-refractivity contribution in [3.63, 3.8) is 0 Å². The third-order valence-electron chi connectivity index (χ3n) is 7.76. The van der Waals surface area contributed by atoms with Gasteiger partial charge < -0.3 is 0 Å². The molecule has 0 radical (unpaired) electrons. The maximum absolute atomic E-state index is 13.0. The Morgan fingerprint density at radius 2 is 1.18 bits per heavy atom. The molecule has 0 aliphatic heterocycles. The third kappa shape index (κ3) is 3.71. The molecule has 39 heavy (non-hydrogen) atoms. The van der Waals surface area contributed by atoms with Crippen molar-refractivity contribution >= 4 is 49.2 Å². The van der Waals surface area contributed by atoms with E-state index in [4.69, 9.17) is 0 Å². The zero-order valence-electron chi connectivity index (χ0n) is 21.6. The predicted octanol–water partition coefficient (Wildman–Crippen LogP) is 7.98. The molecule has 0 atom stereocenters. The number of carbonyl (C=O) groups excluding carboxylic acids is 2. The maximum atomic E-state index is 13.0. The monoisotopic (exact) mass is 571 g/mol. The van der Waals surface area contributed by atoms with Gasteiger partial charge in [0.25, 0.3) is 0 Å². The summed E-state index contributed by atoms with van der Waals surface area (Å²) in [5, 5.41) is 0. The Kier molecular flexibility index (Phi) is 5.45. The first kappa shape index (κ1) is 23.8. The number of fused-ring (bicyclic) bond motifs is 4. The van der Waals surface area contributed by atoms with Crippen molar-refractivity contribution in [3.05, 3.63) is 140 Å². The van der Waals surface area contributed by atoms with Gasteiger partial charge in [-0.2, -0.15) is 0 Å². The Labute approximate surface area is 233 Å². The summed E-state index contributed by atoms with van der Waals surface area (Å²) >= 11 is 0.0267. The second-order valence-corrected chi connectivity index (χ2v) is 12.8. The normalized spacial score (nSPS) is 14.7. The van der Waals surface area contributed by atoms with Crippen LogP contribution in [0.15, 0.2) is 115 Å². The molecule has 2 aliphatic rings. The number of Topliss-reactive ketones (excluding diaryl/α,β-unsaturated/α-hetero) is 2. The molecule has 2 aliphatic carbocycles. The number of hydrogen-bond donors (Lipinski definition) is 0. The molecule has 1 heterocycles. The van der Waals surface area contributed by atoms with Gasteiger partial charge in [-0.25, -0.2) is 0 Å². The SMILES string of the molecule is CC1(C)c2cc(N(c3ccccc3)c3ccccc3)ccc2-c2cc(C=C3C(=O)c4ccccc4C3=O)[se]c21. The molecule has 188 valence electrons. The van der Waals surface area contributed by atoms with Crippen LogP contribution in [-0.2, 0) is 5.41 Å². The van der Waals surface area contributed by atoms with E-state index in [0.29, 0.717) is 16.7 Å². The van der Waals surface area contributed by atoms with Crippen LogP contribution in [0.2, 0.25) is 0 Å². The van der Waals surface area contributed by atoms with Gasteiger partial charge in [-0.15, -0.1) is 0 Å². The summed E-state index contributed by atoms with van der Waals surface area (Å²) in [4.78, 5) is 28.2. The number of hydrogen-bond acceptors (Lipinski definition) is 3. The van der Waals surface area contributed by atoms with Crippen LogP contribution in [0, 0.1) is 0 Å². The van der Waals surface area contributed by atoms with E-state index in [1.807, 2.05) is 30.3 Å². The van der Waals surface area contributed by atoms with Gasteiger partial charge in [0.2, 0.25) is 0 Å². The molecule has 0 amide bonds. The Hall–Kier alpha value is -4.24. The number of benzene rings is 4. The minimum absolute atomic E-state index is 0.0267. The van der Waals surface area contributed by atoms with E-state index >= 15 is 0 Å². The van der Waals surface area contributed by atoms with Crippen molar-refractivity contribution in [1.82, 2.24) is 0 Å². The molecular formula is C35H25NO2Se. The number of carbonyl (C=O) groups is 2. The van der Waals surface area contributed by atoms with Crippen LogP contribution in [0.3, 0.4) is 0 Å². The van der Waals surface area contributed by atoms with Gasteiger partial charge >= 0.3 is 234 Å². The summed E-state index contributed by atoms with van der Waals surface area (Å²) in [6.07, 6.45) is 1.85. The molecule has 0 unspecified atom stereocenters. The van der Waals surface area contributed by atoms with Crippen molar-refractivity contribution in [2.75, 3.05) is 4.90 Å². The van der Waals surface area contributed by atoms with E-state index in [1.54, 1.807) is 12.1 Å². The fourth-order valence-electron chi connectivity index (χ4n) is 5.84. The second kappa shape index (κ2) is 8.91. The van der Waals surface area contributed by atoms with Gasteiger partial charge in [0.15, 0.2) is 0 Å². The number of rotatable bonds is 4. The fourth-order valence-corrected chi connectivity index (χ4v) is 8.43. The first-order valence-electron chi connectivity index (χ1n) is 13.0. The van der Waals surface area contributed by atoms with E-state index in [1.165, 1.54) is 21.1 Å². The number of anilines is 3. The molecule has 4 heteroatoms. The van der Waals surface area contributed by atoms with Crippen LogP contribution in [0.5, 0.6) is 0 Å².